The molecule has 20 heavy (non-hydrogen) atoms. The number of amides is 1. The van der Waals surface area contributed by atoms with Crippen LogP contribution in [0.4, 0.5) is 14.5 Å². The highest BCUT2D eigenvalue weighted by Gasteiger charge is 2.09. The first-order valence-corrected chi connectivity index (χ1v) is 6.19. The van der Waals surface area contributed by atoms with E-state index < -0.39 is 11.6 Å². The lowest BCUT2D eigenvalue weighted by Crippen LogP contribution is -2.30. The number of hydrogen-bond acceptors (Lipinski definition) is 2. The predicted molar refractivity (Wildman–Crippen MR) is 72.9 cm³/mol. The van der Waals surface area contributed by atoms with Crippen molar-refractivity contribution in [2.75, 3.05) is 5.43 Å². The highest BCUT2D eigenvalue weighted by atomic mass is 19.1. The summed E-state index contributed by atoms with van der Waals surface area (Å²) in [6.45, 7) is 0. The van der Waals surface area contributed by atoms with Crippen LogP contribution in [0.2, 0.25) is 0 Å². The fourth-order valence-electron chi connectivity index (χ4n) is 1.71. The van der Waals surface area contributed by atoms with Gasteiger partial charge in [-0.1, -0.05) is 36.4 Å². The first-order chi connectivity index (χ1) is 9.66. The van der Waals surface area contributed by atoms with Gasteiger partial charge in [-0.15, -0.1) is 0 Å². The van der Waals surface area contributed by atoms with Crippen molar-refractivity contribution in [2.24, 2.45) is 0 Å². The molecule has 0 aromatic heterocycles. The number of halogens is 2. The zero-order chi connectivity index (χ0) is 14.4. The van der Waals surface area contributed by atoms with Crippen LogP contribution in [0.1, 0.15) is 12.0 Å². The van der Waals surface area contributed by atoms with E-state index in [-0.39, 0.29) is 18.0 Å². The molecular formula is C15H14F2N2O. The Morgan fingerprint density at radius 3 is 2.25 bits per heavy atom. The Bertz CT molecular complexity index is 567. The lowest BCUT2D eigenvalue weighted by molar-refractivity contribution is -0.120. The lowest BCUT2D eigenvalue weighted by Gasteiger charge is -2.10. The second kappa shape index (κ2) is 6.65. The molecule has 5 heteroatoms. The van der Waals surface area contributed by atoms with Crippen molar-refractivity contribution in [3.05, 3.63) is 65.7 Å². The van der Waals surface area contributed by atoms with Gasteiger partial charge in [-0.25, -0.2) is 8.78 Å². The van der Waals surface area contributed by atoms with Gasteiger partial charge in [0.1, 0.15) is 5.69 Å². The van der Waals surface area contributed by atoms with Gasteiger partial charge in [0, 0.05) is 6.42 Å². The summed E-state index contributed by atoms with van der Waals surface area (Å²) in [7, 11) is 0. The third-order valence-electron chi connectivity index (χ3n) is 2.77. The van der Waals surface area contributed by atoms with Crippen LogP contribution in [0.3, 0.4) is 0 Å². The van der Waals surface area contributed by atoms with Crippen molar-refractivity contribution in [1.29, 1.82) is 0 Å². The third-order valence-corrected chi connectivity index (χ3v) is 2.77. The van der Waals surface area contributed by atoms with Crippen molar-refractivity contribution in [3.63, 3.8) is 0 Å². The summed E-state index contributed by atoms with van der Waals surface area (Å²) in [5, 5.41) is 0. The van der Waals surface area contributed by atoms with Crippen LogP contribution in [0.5, 0.6) is 0 Å². The Morgan fingerprint density at radius 1 is 0.950 bits per heavy atom. The number of aryl methyl sites for hydroxylation is 1. The number of hydrogen-bond donors (Lipinski definition) is 2. The maximum Gasteiger partial charge on any atom is 0.238 e. The van der Waals surface area contributed by atoms with Crippen molar-refractivity contribution in [2.45, 2.75) is 12.8 Å². The molecule has 0 aliphatic heterocycles. The summed E-state index contributed by atoms with van der Waals surface area (Å²) < 4.78 is 26.6. The van der Waals surface area contributed by atoms with Crippen LogP contribution < -0.4 is 10.9 Å². The average molecular weight is 276 g/mol. The normalized spacial score (nSPS) is 10.1. The van der Waals surface area contributed by atoms with Gasteiger partial charge in [0.25, 0.3) is 0 Å². The summed E-state index contributed by atoms with van der Waals surface area (Å²) in [5.41, 5.74) is 5.22. The number of anilines is 1. The summed E-state index contributed by atoms with van der Waals surface area (Å²) in [6, 6.07) is 13.0. The summed E-state index contributed by atoms with van der Waals surface area (Å²) in [4.78, 5) is 11.6. The molecule has 0 unspecified atom stereocenters. The predicted octanol–water partition coefficient (Wildman–Crippen LogP) is 3.04. The second-order valence-corrected chi connectivity index (χ2v) is 4.26. The van der Waals surface area contributed by atoms with Gasteiger partial charge >= 0.3 is 0 Å². The van der Waals surface area contributed by atoms with E-state index in [4.69, 9.17) is 0 Å². The number of hydrazine groups is 1. The van der Waals surface area contributed by atoms with Crippen molar-refractivity contribution in [1.82, 2.24) is 5.43 Å². The smallest absolute Gasteiger partial charge is 0.238 e. The number of nitrogens with one attached hydrogen (secondary N) is 2. The maximum absolute atomic E-state index is 13.3. The summed E-state index contributed by atoms with van der Waals surface area (Å²) in [5.74, 6) is -1.85. The second-order valence-electron chi connectivity index (χ2n) is 4.26. The molecule has 0 fully saturated rings. The minimum absolute atomic E-state index is 0.229. The van der Waals surface area contributed by atoms with Gasteiger partial charge in [-0.3, -0.25) is 15.6 Å². The third kappa shape index (κ3) is 3.78. The monoisotopic (exact) mass is 276 g/mol. The van der Waals surface area contributed by atoms with Crippen LogP contribution >= 0.6 is 0 Å². The Hall–Kier alpha value is -2.43. The first kappa shape index (κ1) is 14.0. The number of rotatable bonds is 5. The molecule has 104 valence electrons. The van der Waals surface area contributed by atoms with E-state index in [0.717, 1.165) is 17.7 Å². The number of benzene rings is 2. The lowest BCUT2D eigenvalue weighted by atomic mass is 10.1. The molecule has 0 aliphatic rings. The molecule has 2 N–H and O–H groups in total. The van der Waals surface area contributed by atoms with Crippen molar-refractivity contribution >= 4 is 11.6 Å². The van der Waals surface area contributed by atoms with Gasteiger partial charge in [0.15, 0.2) is 11.6 Å². The highest BCUT2D eigenvalue weighted by Crippen LogP contribution is 2.16. The molecule has 0 bridgehead atoms. The van der Waals surface area contributed by atoms with E-state index in [1.807, 2.05) is 30.3 Å². The molecule has 0 saturated carbocycles. The van der Waals surface area contributed by atoms with E-state index in [9.17, 15) is 13.6 Å². The molecule has 3 nitrogen and oxygen atoms in total. The molecule has 0 atom stereocenters. The minimum Gasteiger partial charge on any atom is -0.293 e. The van der Waals surface area contributed by atoms with Gasteiger partial charge in [-0.05, 0) is 24.1 Å². The Kier molecular flexibility index (Phi) is 4.65. The Balaban J connectivity index is 1.84. The molecule has 2 rings (SSSR count). The maximum atomic E-state index is 13.3. The van der Waals surface area contributed by atoms with E-state index in [0.29, 0.717) is 6.42 Å². The van der Waals surface area contributed by atoms with Crippen LogP contribution in [-0.4, -0.2) is 5.91 Å². The molecule has 0 saturated heterocycles. The van der Waals surface area contributed by atoms with Crippen LogP contribution in [0, 0.1) is 11.6 Å². The zero-order valence-electron chi connectivity index (χ0n) is 10.7. The van der Waals surface area contributed by atoms with E-state index in [1.165, 1.54) is 6.07 Å². The standard InChI is InChI=1S/C15H14F2N2O/c16-12-7-4-8-13(17)15(12)19-18-14(20)10-9-11-5-2-1-3-6-11/h1-8,19H,9-10H2,(H,18,20). The van der Waals surface area contributed by atoms with E-state index >= 15 is 0 Å². The molecule has 0 radical (unpaired) electrons. The topological polar surface area (TPSA) is 41.1 Å². The van der Waals surface area contributed by atoms with Crippen molar-refractivity contribution in [3.8, 4) is 0 Å². The number of carbonyl (C=O) groups excluding carboxylic acids is 1. The summed E-state index contributed by atoms with van der Waals surface area (Å²) in [6.07, 6.45) is 0.793. The molecule has 0 aliphatic carbocycles. The van der Waals surface area contributed by atoms with Gasteiger partial charge < -0.3 is 0 Å². The molecule has 2 aromatic rings. The fourth-order valence-corrected chi connectivity index (χ4v) is 1.71. The van der Waals surface area contributed by atoms with E-state index in [2.05, 4.69) is 10.9 Å². The molecular weight excluding hydrogens is 262 g/mol. The van der Waals surface area contributed by atoms with Crippen molar-refractivity contribution < 1.29 is 13.6 Å². The fraction of sp³-hybridized carbons (Fsp3) is 0.133. The van der Waals surface area contributed by atoms with Crippen LogP contribution in [0.25, 0.3) is 0 Å². The van der Waals surface area contributed by atoms with Gasteiger partial charge in [-0.2, -0.15) is 0 Å². The van der Waals surface area contributed by atoms with Gasteiger partial charge in [0.2, 0.25) is 5.91 Å². The molecule has 1 amide bonds. The molecule has 2 aromatic carbocycles. The van der Waals surface area contributed by atoms with E-state index in [1.54, 1.807) is 0 Å². The van der Waals surface area contributed by atoms with Crippen LogP contribution in [-0.2, 0) is 11.2 Å². The Labute approximate surface area is 115 Å². The van der Waals surface area contributed by atoms with Gasteiger partial charge in [0.05, 0.1) is 0 Å². The summed E-state index contributed by atoms with van der Waals surface area (Å²) >= 11 is 0. The number of carbonyl (C=O) groups is 1. The zero-order valence-corrected chi connectivity index (χ0v) is 10.7. The quantitative estimate of drug-likeness (QED) is 0.824. The minimum atomic E-state index is -0.756. The SMILES string of the molecule is O=C(CCc1ccccc1)NNc1c(F)cccc1F. The highest BCUT2D eigenvalue weighted by molar-refractivity contribution is 5.77. The first-order valence-electron chi connectivity index (χ1n) is 6.19. The van der Waals surface area contributed by atoms with Crippen LogP contribution in [0.15, 0.2) is 48.5 Å². The largest absolute Gasteiger partial charge is 0.293 e. The molecule has 0 heterocycles. The number of para-hydroxylation sites is 1. The average Bonchev–Trinajstić information content (AvgIpc) is 2.46. The molecule has 0 spiro atoms. The Morgan fingerprint density at radius 2 is 1.60 bits per heavy atom.